The molecule has 0 fully saturated rings. The molecule has 3 heterocycles. The number of nitrogens with zero attached hydrogens (tertiary/aromatic N) is 2. The van der Waals surface area contributed by atoms with Gasteiger partial charge in [0.2, 0.25) is 0 Å². The summed E-state index contributed by atoms with van der Waals surface area (Å²) >= 11 is 4.79. The molecule has 0 saturated carbocycles. The number of benzene rings is 2. The smallest absolute Gasteiger partial charge is 0.237 e. The Labute approximate surface area is 266 Å². The van der Waals surface area contributed by atoms with Crippen molar-refractivity contribution in [2.75, 3.05) is 0 Å². The first-order valence-electron chi connectivity index (χ1n) is 13.3. The Hall–Kier alpha value is -4.73. The molecule has 0 amide bonds. The summed E-state index contributed by atoms with van der Waals surface area (Å²) in [6.07, 6.45) is 7.40. The minimum absolute atomic E-state index is 0.288. The Morgan fingerprint density at radius 2 is 1.09 bits per heavy atom. The molecule has 216 valence electrons. The van der Waals surface area contributed by atoms with E-state index in [-0.39, 0.29) is 5.70 Å². The molecule has 44 heavy (non-hydrogen) atoms. The van der Waals surface area contributed by atoms with E-state index in [1.54, 1.807) is 28.7 Å². The SMILES string of the molecule is [C-]#[N+]/C(=C\c1ccc(/C=C/c2ccc(/C=C/c3ccc(/C=C(\C#N)c4ccc(C)cc4)s3)s2)s1)c1ccc(C(F)(F)F)cc1. The van der Waals surface area contributed by atoms with Crippen molar-refractivity contribution in [1.29, 1.82) is 5.26 Å². The average Bonchev–Trinajstić information content (AvgIpc) is 3.78. The minimum Gasteiger partial charge on any atom is -0.237 e. The highest BCUT2D eigenvalue weighted by Gasteiger charge is 2.30. The first kappa shape index (κ1) is 30.7. The monoisotopic (exact) mass is 636 g/mol. The van der Waals surface area contributed by atoms with Crippen LogP contribution >= 0.6 is 34.0 Å². The van der Waals surface area contributed by atoms with Crippen molar-refractivity contribution in [3.05, 3.63) is 148 Å². The van der Waals surface area contributed by atoms with Crippen LogP contribution < -0.4 is 0 Å². The predicted octanol–water partition coefficient (Wildman–Crippen LogP) is 12.0. The van der Waals surface area contributed by atoms with Crippen LogP contribution in [0, 0.1) is 24.8 Å². The first-order chi connectivity index (χ1) is 21.2. The number of halogens is 3. The second-order valence-electron chi connectivity index (χ2n) is 9.64. The number of alkyl halides is 3. The quantitative estimate of drug-likeness (QED) is 0.123. The number of nitriles is 1. The van der Waals surface area contributed by atoms with Gasteiger partial charge in [-0.3, -0.25) is 0 Å². The maximum atomic E-state index is 12.9. The molecule has 0 spiro atoms. The lowest BCUT2D eigenvalue weighted by Gasteiger charge is -2.07. The van der Waals surface area contributed by atoms with Crippen LogP contribution in [0.1, 0.15) is 51.5 Å². The van der Waals surface area contributed by atoms with Crippen LogP contribution in [0.5, 0.6) is 0 Å². The molecular weight excluding hydrogens is 614 g/mol. The second-order valence-corrected chi connectivity index (χ2v) is 13.1. The number of thiophene rings is 3. The van der Waals surface area contributed by atoms with E-state index in [1.165, 1.54) is 23.5 Å². The molecule has 0 bridgehead atoms. The van der Waals surface area contributed by atoms with Crippen LogP contribution in [-0.4, -0.2) is 0 Å². The number of rotatable bonds is 8. The van der Waals surface area contributed by atoms with Crippen molar-refractivity contribution in [1.82, 2.24) is 0 Å². The molecule has 0 unspecified atom stereocenters. The third-order valence-electron chi connectivity index (χ3n) is 6.44. The third-order valence-corrected chi connectivity index (χ3v) is 9.45. The van der Waals surface area contributed by atoms with Gasteiger partial charge in [-0.2, -0.15) is 18.4 Å². The van der Waals surface area contributed by atoms with E-state index in [0.29, 0.717) is 11.1 Å². The van der Waals surface area contributed by atoms with E-state index in [0.717, 1.165) is 52.5 Å². The zero-order valence-corrected chi connectivity index (χ0v) is 25.7. The van der Waals surface area contributed by atoms with Gasteiger partial charge >= 0.3 is 6.18 Å². The van der Waals surface area contributed by atoms with E-state index in [2.05, 4.69) is 35.2 Å². The van der Waals surface area contributed by atoms with Crippen molar-refractivity contribution >= 4 is 81.7 Å². The Morgan fingerprint density at radius 1 is 0.659 bits per heavy atom. The summed E-state index contributed by atoms with van der Waals surface area (Å²) in [6.45, 7) is 9.52. The van der Waals surface area contributed by atoms with Gasteiger partial charge < -0.3 is 0 Å². The molecule has 8 heteroatoms. The highest BCUT2D eigenvalue weighted by Crippen LogP contribution is 2.32. The fraction of sp³-hybridized carbons (Fsp3) is 0.0556. The number of aryl methyl sites for hydroxylation is 1. The standard InChI is InChI=1S/C36H23F3N2S3/c1-24-3-5-25(6-4-24)27(23-40)21-33-19-17-31(43-33)15-13-29-11-12-30(42-29)14-16-32-18-20-34(44-32)22-35(41-2)26-7-9-28(10-8-26)36(37,38)39/h3-22H,1H3/b15-13+,16-14+,27-21+,35-22-. The van der Waals surface area contributed by atoms with Gasteiger partial charge in [-0.1, -0.05) is 54.1 Å². The summed E-state index contributed by atoms with van der Waals surface area (Å²) in [5.74, 6) is 0. The van der Waals surface area contributed by atoms with Gasteiger partial charge in [0.25, 0.3) is 0 Å². The molecule has 5 aromatic rings. The minimum atomic E-state index is -4.41. The van der Waals surface area contributed by atoms with Gasteiger partial charge in [-0.15, -0.1) is 34.0 Å². The van der Waals surface area contributed by atoms with E-state index in [1.807, 2.05) is 73.7 Å². The summed E-state index contributed by atoms with van der Waals surface area (Å²) in [6, 6.07) is 26.9. The van der Waals surface area contributed by atoms with Crippen molar-refractivity contribution in [2.45, 2.75) is 13.1 Å². The molecular formula is C36H23F3N2S3. The topological polar surface area (TPSA) is 28.1 Å². The number of allylic oxidation sites excluding steroid dienone is 1. The van der Waals surface area contributed by atoms with Crippen LogP contribution in [0.3, 0.4) is 0 Å². The van der Waals surface area contributed by atoms with Gasteiger partial charge in [-0.25, -0.2) is 4.85 Å². The van der Waals surface area contributed by atoms with E-state index in [4.69, 9.17) is 6.57 Å². The van der Waals surface area contributed by atoms with Crippen molar-refractivity contribution in [2.24, 2.45) is 0 Å². The van der Waals surface area contributed by atoms with E-state index in [9.17, 15) is 18.4 Å². The lowest BCUT2D eigenvalue weighted by molar-refractivity contribution is -0.137. The van der Waals surface area contributed by atoms with Crippen molar-refractivity contribution in [3.8, 4) is 6.07 Å². The van der Waals surface area contributed by atoms with Gasteiger partial charge in [0.05, 0.1) is 23.8 Å². The Kier molecular flexibility index (Phi) is 9.57. The molecule has 2 nitrogen and oxygen atoms in total. The summed E-state index contributed by atoms with van der Waals surface area (Å²) in [5.41, 5.74) is 2.70. The molecule has 0 radical (unpaired) electrons. The van der Waals surface area contributed by atoms with Crippen LogP contribution in [0.4, 0.5) is 13.2 Å². The molecule has 0 saturated heterocycles. The second kappa shape index (κ2) is 13.7. The molecule has 0 aliphatic rings. The van der Waals surface area contributed by atoms with Gasteiger partial charge in [0.1, 0.15) is 0 Å². The lowest BCUT2D eigenvalue weighted by atomic mass is 10.0. The van der Waals surface area contributed by atoms with Crippen molar-refractivity contribution in [3.63, 3.8) is 0 Å². The molecule has 0 N–H and O–H groups in total. The largest absolute Gasteiger partial charge is 0.416 e. The Balaban J connectivity index is 1.22. The van der Waals surface area contributed by atoms with Gasteiger partial charge in [0, 0.05) is 29.3 Å². The fourth-order valence-corrected chi connectivity index (χ4v) is 6.67. The van der Waals surface area contributed by atoms with Gasteiger partial charge in [-0.05, 0) is 90.9 Å². The normalized spacial score (nSPS) is 12.6. The Morgan fingerprint density at radius 3 is 1.55 bits per heavy atom. The zero-order valence-electron chi connectivity index (χ0n) is 23.3. The van der Waals surface area contributed by atoms with Crippen LogP contribution in [0.25, 0.3) is 52.6 Å². The predicted molar refractivity (Wildman–Crippen MR) is 181 cm³/mol. The third kappa shape index (κ3) is 8.00. The highest BCUT2D eigenvalue weighted by atomic mass is 32.1. The summed E-state index contributed by atoms with van der Waals surface area (Å²) in [4.78, 5) is 9.68. The van der Waals surface area contributed by atoms with Crippen LogP contribution in [-0.2, 0) is 6.18 Å². The average molecular weight is 637 g/mol. The van der Waals surface area contributed by atoms with Crippen LogP contribution in [0.15, 0.2) is 84.9 Å². The van der Waals surface area contributed by atoms with E-state index >= 15 is 0 Å². The molecule has 0 aliphatic heterocycles. The van der Waals surface area contributed by atoms with Crippen molar-refractivity contribution < 1.29 is 13.2 Å². The summed E-state index contributed by atoms with van der Waals surface area (Å²) in [5, 5.41) is 9.63. The first-order valence-corrected chi connectivity index (χ1v) is 15.8. The number of hydrogen-bond acceptors (Lipinski definition) is 4. The maximum absolute atomic E-state index is 12.9. The fourth-order valence-electron chi connectivity index (χ4n) is 4.15. The number of hydrogen-bond donors (Lipinski definition) is 0. The molecule has 5 rings (SSSR count). The zero-order chi connectivity index (χ0) is 31.1. The summed E-state index contributed by atoms with van der Waals surface area (Å²) in [7, 11) is 0. The van der Waals surface area contributed by atoms with E-state index < -0.39 is 11.7 Å². The van der Waals surface area contributed by atoms with Crippen LogP contribution in [0.2, 0.25) is 0 Å². The summed E-state index contributed by atoms with van der Waals surface area (Å²) < 4.78 is 38.6. The maximum Gasteiger partial charge on any atom is 0.416 e. The molecule has 2 aromatic carbocycles. The Bertz CT molecular complexity index is 1970. The lowest BCUT2D eigenvalue weighted by Crippen LogP contribution is -2.04. The highest BCUT2D eigenvalue weighted by molar-refractivity contribution is 7.15. The van der Waals surface area contributed by atoms with Gasteiger partial charge in [0.15, 0.2) is 5.70 Å². The molecule has 3 aromatic heterocycles. The molecule has 0 aliphatic carbocycles. The molecule has 0 atom stereocenters.